The van der Waals surface area contributed by atoms with Gasteiger partial charge in [-0.1, -0.05) is 42.5 Å². The van der Waals surface area contributed by atoms with Gasteiger partial charge in [-0.25, -0.2) is 0 Å². The Kier molecular flexibility index (Phi) is 10.5. The van der Waals surface area contributed by atoms with Crippen LogP contribution >= 0.6 is 0 Å². The van der Waals surface area contributed by atoms with E-state index in [1.807, 2.05) is 39.0 Å². The van der Waals surface area contributed by atoms with Crippen LogP contribution in [0.25, 0.3) is 0 Å². The summed E-state index contributed by atoms with van der Waals surface area (Å²) in [5, 5.41) is 0. The Balaban J connectivity index is 0.000000257. The first-order chi connectivity index (χ1) is 11.7. The molecule has 0 amide bonds. The van der Waals surface area contributed by atoms with Crippen molar-refractivity contribution >= 4 is 5.69 Å². The van der Waals surface area contributed by atoms with E-state index in [0.29, 0.717) is 19.8 Å². The zero-order valence-electron chi connectivity index (χ0n) is 14.9. The predicted octanol–water partition coefficient (Wildman–Crippen LogP) is 4.24. The molecular weight excluding hydrogens is 302 g/mol. The van der Waals surface area contributed by atoms with E-state index < -0.39 is 6.48 Å². The van der Waals surface area contributed by atoms with Crippen LogP contribution in [0.1, 0.15) is 31.9 Å². The second-order valence-corrected chi connectivity index (χ2v) is 5.06. The van der Waals surface area contributed by atoms with Gasteiger partial charge in [-0.3, -0.25) is 0 Å². The standard InChI is InChI=1S/C13H13N.C7H16O3/c14-13-8-6-12(7-9-13)10-11-4-2-1-3-5-11;1-4-8-7(9-5-2)10-6-3/h1-9H,10,14H2;7H,4-6H2,1-3H3. The van der Waals surface area contributed by atoms with Crippen LogP contribution in [-0.2, 0) is 20.6 Å². The van der Waals surface area contributed by atoms with Gasteiger partial charge in [0, 0.05) is 25.5 Å². The maximum Gasteiger partial charge on any atom is 0.271 e. The summed E-state index contributed by atoms with van der Waals surface area (Å²) in [5.41, 5.74) is 9.07. The van der Waals surface area contributed by atoms with E-state index in [2.05, 4.69) is 36.4 Å². The van der Waals surface area contributed by atoms with Crippen LogP contribution in [0.15, 0.2) is 54.6 Å². The molecule has 0 atom stereocenters. The third-order valence-corrected chi connectivity index (χ3v) is 3.14. The van der Waals surface area contributed by atoms with E-state index in [-0.39, 0.29) is 0 Å². The molecule has 24 heavy (non-hydrogen) atoms. The largest absolute Gasteiger partial charge is 0.399 e. The van der Waals surface area contributed by atoms with Gasteiger partial charge in [-0.15, -0.1) is 0 Å². The van der Waals surface area contributed by atoms with Crippen molar-refractivity contribution in [2.75, 3.05) is 25.6 Å². The van der Waals surface area contributed by atoms with E-state index in [1.54, 1.807) is 0 Å². The Labute approximate surface area is 145 Å². The molecule has 0 aliphatic heterocycles. The zero-order valence-corrected chi connectivity index (χ0v) is 14.9. The van der Waals surface area contributed by atoms with Gasteiger partial charge in [0.05, 0.1) is 0 Å². The van der Waals surface area contributed by atoms with Gasteiger partial charge in [0.15, 0.2) is 0 Å². The SMILES string of the molecule is CCOC(OCC)OCC.Nc1ccc(Cc2ccccc2)cc1. The number of rotatable bonds is 8. The number of hydrogen-bond donors (Lipinski definition) is 1. The maximum atomic E-state index is 5.62. The van der Waals surface area contributed by atoms with Crippen molar-refractivity contribution < 1.29 is 14.2 Å². The van der Waals surface area contributed by atoms with Crippen molar-refractivity contribution in [3.8, 4) is 0 Å². The van der Waals surface area contributed by atoms with Gasteiger partial charge in [0.25, 0.3) is 6.48 Å². The molecule has 2 aromatic carbocycles. The molecule has 0 fully saturated rings. The monoisotopic (exact) mass is 331 g/mol. The van der Waals surface area contributed by atoms with E-state index in [4.69, 9.17) is 19.9 Å². The van der Waals surface area contributed by atoms with Gasteiger partial charge in [0.2, 0.25) is 0 Å². The second-order valence-electron chi connectivity index (χ2n) is 5.06. The number of anilines is 1. The highest BCUT2D eigenvalue weighted by Crippen LogP contribution is 2.11. The molecule has 4 heteroatoms. The van der Waals surface area contributed by atoms with Gasteiger partial charge in [-0.05, 0) is 50.5 Å². The molecule has 0 heterocycles. The summed E-state index contributed by atoms with van der Waals surface area (Å²) in [4.78, 5) is 0. The van der Waals surface area contributed by atoms with Crippen LogP contribution in [0, 0.1) is 0 Å². The number of nitrogens with two attached hydrogens (primary N) is 1. The predicted molar refractivity (Wildman–Crippen MR) is 98.8 cm³/mol. The lowest BCUT2D eigenvalue weighted by Gasteiger charge is -2.15. The van der Waals surface area contributed by atoms with Crippen molar-refractivity contribution in [2.24, 2.45) is 0 Å². The average Bonchev–Trinajstić information content (AvgIpc) is 2.59. The fourth-order valence-electron chi connectivity index (χ4n) is 2.02. The number of nitrogen functional groups attached to an aromatic ring is 1. The van der Waals surface area contributed by atoms with Crippen molar-refractivity contribution in [3.63, 3.8) is 0 Å². The van der Waals surface area contributed by atoms with Gasteiger partial charge < -0.3 is 19.9 Å². The minimum atomic E-state index is -0.472. The van der Waals surface area contributed by atoms with Crippen LogP contribution in [0.5, 0.6) is 0 Å². The fourth-order valence-corrected chi connectivity index (χ4v) is 2.02. The molecule has 0 saturated carbocycles. The highest BCUT2D eigenvalue weighted by atomic mass is 16.8. The maximum absolute atomic E-state index is 5.62. The summed E-state index contributed by atoms with van der Waals surface area (Å²) in [7, 11) is 0. The molecule has 0 aromatic heterocycles. The molecule has 4 nitrogen and oxygen atoms in total. The Bertz CT molecular complexity index is 514. The van der Waals surface area contributed by atoms with Gasteiger partial charge in [0.1, 0.15) is 0 Å². The minimum absolute atomic E-state index is 0.472. The number of benzene rings is 2. The minimum Gasteiger partial charge on any atom is -0.399 e. The van der Waals surface area contributed by atoms with E-state index in [1.165, 1.54) is 11.1 Å². The summed E-state index contributed by atoms with van der Waals surface area (Å²) in [6.45, 7) is 7.10. The van der Waals surface area contributed by atoms with Crippen molar-refractivity contribution in [3.05, 3.63) is 65.7 Å². The highest BCUT2D eigenvalue weighted by molar-refractivity contribution is 5.40. The Morgan fingerprint density at radius 2 is 1.17 bits per heavy atom. The average molecular weight is 331 g/mol. The molecule has 0 aliphatic rings. The summed E-state index contributed by atoms with van der Waals surface area (Å²) in [6.07, 6.45) is 0.973. The van der Waals surface area contributed by atoms with E-state index in [9.17, 15) is 0 Å². The second kappa shape index (κ2) is 12.5. The van der Waals surface area contributed by atoms with Crippen LogP contribution < -0.4 is 5.73 Å². The molecular formula is C20H29NO3. The molecule has 0 unspecified atom stereocenters. The molecule has 2 N–H and O–H groups in total. The normalized spacial score (nSPS) is 10.3. The van der Waals surface area contributed by atoms with Crippen LogP contribution in [-0.4, -0.2) is 26.3 Å². The third kappa shape index (κ3) is 8.67. The van der Waals surface area contributed by atoms with Crippen LogP contribution in [0.2, 0.25) is 0 Å². The number of hydrogen-bond acceptors (Lipinski definition) is 4. The lowest BCUT2D eigenvalue weighted by atomic mass is 10.1. The molecule has 0 aliphatic carbocycles. The zero-order chi connectivity index (χ0) is 17.6. The first kappa shape index (κ1) is 20.2. The number of ether oxygens (including phenoxy) is 3. The molecule has 2 aromatic rings. The van der Waals surface area contributed by atoms with Crippen molar-refractivity contribution in [1.29, 1.82) is 0 Å². The summed E-state index contributed by atoms with van der Waals surface area (Å²) in [5.74, 6) is 0. The first-order valence-corrected chi connectivity index (χ1v) is 8.42. The quantitative estimate of drug-likeness (QED) is 0.581. The highest BCUT2D eigenvalue weighted by Gasteiger charge is 2.04. The summed E-state index contributed by atoms with van der Waals surface area (Å²) >= 11 is 0. The topological polar surface area (TPSA) is 53.7 Å². The Hall–Kier alpha value is -1.88. The van der Waals surface area contributed by atoms with Gasteiger partial charge >= 0.3 is 0 Å². The van der Waals surface area contributed by atoms with E-state index in [0.717, 1.165) is 12.1 Å². The lowest BCUT2D eigenvalue weighted by molar-refractivity contribution is -0.282. The smallest absolute Gasteiger partial charge is 0.271 e. The molecule has 2 rings (SSSR count). The molecule has 132 valence electrons. The molecule has 0 spiro atoms. The molecule has 0 radical (unpaired) electrons. The van der Waals surface area contributed by atoms with E-state index >= 15 is 0 Å². The Morgan fingerprint density at radius 1 is 0.708 bits per heavy atom. The van der Waals surface area contributed by atoms with Gasteiger partial charge in [-0.2, -0.15) is 0 Å². The summed E-state index contributed by atoms with van der Waals surface area (Å²) in [6, 6.07) is 18.5. The van der Waals surface area contributed by atoms with Crippen LogP contribution in [0.3, 0.4) is 0 Å². The molecule has 0 saturated heterocycles. The lowest BCUT2D eigenvalue weighted by Crippen LogP contribution is -2.20. The van der Waals surface area contributed by atoms with Crippen molar-refractivity contribution in [1.82, 2.24) is 0 Å². The third-order valence-electron chi connectivity index (χ3n) is 3.14. The first-order valence-electron chi connectivity index (χ1n) is 8.42. The summed E-state index contributed by atoms with van der Waals surface area (Å²) < 4.78 is 15.2. The fraction of sp³-hybridized carbons (Fsp3) is 0.400. The molecule has 0 bridgehead atoms. The van der Waals surface area contributed by atoms with Crippen LogP contribution in [0.4, 0.5) is 5.69 Å². The Morgan fingerprint density at radius 3 is 1.62 bits per heavy atom. The van der Waals surface area contributed by atoms with Crippen molar-refractivity contribution in [2.45, 2.75) is 33.7 Å².